The summed E-state index contributed by atoms with van der Waals surface area (Å²) in [5.74, 6) is 0. The third-order valence-corrected chi connectivity index (χ3v) is 6.01. The molecule has 2 fully saturated rings. The Morgan fingerprint density at radius 2 is 2.05 bits per heavy atom. The van der Waals surface area contributed by atoms with Gasteiger partial charge in [0.2, 0.25) is 10.0 Å². The molecule has 3 rings (SSSR count). The van der Waals surface area contributed by atoms with Crippen molar-refractivity contribution < 1.29 is 8.42 Å². The topological polar surface area (TPSA) is 63.1 Å². The largest absolute Gasteiger partial charge is 0.349 e. The monoisotopic (exact) mass is 311 g/mol. The lowest BCUT2D eigenvalue weighted by atomic mass is 10.2. The van der Waals surface area contributed by atoms with E-state index in [0.29, 0.717) is 10.9 Å². The molecule has 0 spiro atoms. The minimum absolute atomic E-state index is 0.0699. The molecule has 5 nitrogen and oxygen atoms in total. The third-order valence-electron chi connectivity index (χ3n) is 4.57. The molecule has 6 heteroatoms. The highest BCUT2D eigenvalue weighted by atomic mass is 32.2. The molecule has 0 aliphatic heterocycles. The van der Waals surface area contributed by atoms with E-state index >= 15 is 0 Å². The van der Waals surface area contributed by atoms with Crippen molar-refractivity contribution in [3.8, 4) is 0 Å². The molecule has 2 saturated carbocycles. The Morgan fingerprint density at radius 3 is 2.57 bits per heavy atom. The Kier molecular flexibility index (Phi) is 3.66. The number of hydrogen-bond acceptors (Lipinski definition) is 3. The highest BCUT2D eigenvalue weighted by Crippen LogP contribution is 2.45. The van der Waals surface area contributed by atoms with Crippen molar-refractivity contribution in [2.75, 3.05) is 0 Å². The zero-order valence-corrected chi connectivity index (χ0v) is 13.8. The number of sulfonamides is 1. The molecular weight excluding hydrogens is 286 g/mol. The minimum atomic E-state index is -3.40. The van der Waals surface area contributed by atoms with Gasteiger partial charge in [0.25, 0.3) is 0 Å². The zero-order valence-electron chi connectivity index (χ0n) is 13.0. The van der Waals surface area contributed by atoms with Gasteiger partial charge in [0.15, 0.2) is 0 Å². The fourth-order valence-electron chi connectivity index (χ4n) is 2.57. The Balaban J connectivity index is 1.74. The molecule has 0 radical (unpaired) electrons. The number of aromatic nitrogens is 1. The molecule has 118 valence electrons. The van der Waals surface area contributed by atoms with Crippen LogP contribution in [0.5, 0.6) is 0 Å². The summed E-state index contributed by atoms with van der Waals surface area (Å²) in [6.07, 6.45) is 5.13. The second-order valence-corrected chi connectivity index (χ2v) is 8.69. The van der Waals surface area contributed by atoms with Gasteiger partial charge in [-0.3, -0.25) is 0 Å². The maximum atomic E-state index is 12.5. The zero-order chi connectivity index (χ0) is 15.3. The van der Waals surface area contributed by atoms with Crippen LogP contribution in [0.4, 0.5) is 0 Å². The predicted octanol–water partition coefficient (Wildman–Crippen LogP) is 1.84. The Hall–Kier alpha value is -0.850. The second-order valence-electron chi connectivity index (χ2n) is 6.97. The van der Waals surface area contributed by atoms with E-state index in [1.165, 1.54) is 12.8 Å². The normalized spacial score (nSPS) is 24.2. The van der Waals surface area contributed by atoms with Crippen LogP contribution >= 0.6 is 0 Å². The van der Waals surface area contributed by atoms with Crippen LogP contribution in [0.2, 0.25) is 0 Å². The fraction of sp³-hybridized carbons (Fsp3) is 0.733. The molecule has 1 atom stereocenters. The van der Waals surface area contributed by atoms with Gasteiger partial charge in [0.1, 0.15) is 0 Å². The maximum Gasteiger partial charge on any atom is 0.242 e. The number of rotatable bonds is 7. The second kappa shape index (κ2) is 5.11. The van der Waals surface area contributed by atoms with Crippen molar-refractivity contribution >= 4 is 10.0 Å². The van der Waals surface area contributed by atoms with Gasteiger partial charge in [-0.2, -0.15) is 0 Å². The van der Waals surface area contributed by atoms with Gasteiger partial charge in [-0.1, -0.05) is 13.8 Å². The smallest absolute Gasteiger partial charge is 0.242 e. The van der Waals surface area contributed by atoms with Crippen LogP contribution < -0.4 is 10.0 Å². The molecule has 1 unspecified atom stereocenters. The van der Waals surface area contributed by atoms with Crippen molar-refractivity contribution in [3.63, 3.8) is 0 Å². The van der Waals surface area contributed by atoms with Gasteiger partial charge < -0.3 is 9.88 Å². The lowest BCUT2D eigenvalue weighted by molar-refractivity contribution is 0.554. The highest BCUT2D eigenvalue weighted by Gasteiger charge is 2.48. The average molecular weight is 311 g/mol. The molecule has 2 N–H and O–H groups in total. The Morgan fingerprint density at radius 1 is 1.38 bits per heavy atom. The van der Waals surface area contributed by atoms with Crippen LogP contribution in [0.1, 0.15) is 45.7 Å². The van der Waals surface area contributed by atoms with E-state index in [1.54, 1.807) is 12.3 Å². The van der Waals surface area contributed by atoms with Crippen LogP contribution in [0.25, 0.3) is 0 Å². The highest BCUT2D eigenvalue weighted by molar-refractivity contribution is 7.89. The molecule has 0 bridgehead atoms. The predicted molar refractivity (Wildman–Crippen MR) is 82.5 cm³/mol. The lowest BCUT2D eigenvalue weighted by Crippen LogP contribution is -2.28. The number of nitrogens with one attached hydrogen (secondary N) is 2. The maximum absolute atomic E-state index is 12.5. The summed E-state index contributed by atoms with van der Waals surface area (Å²) in [5.41, 5.74) is 1.14. The standard InChI is InChI=1S/C15H25N3O2S/c1-4-18-10-13(7-12(18)9-16-11-5-6-11)21(19,20)17-14-8-15(14,2)3/h7,10-11,14,16-17H,4-6,8-9H2,1-3H3. The van der Waals surface area contributed by atoms with Crippen molar-refractivity contribution in [1.29, 1.82) is 0 Å². The van der Waals surface area contributed by atoms with Crippen molar-refractivity contribution in [2.45, 2.75) is 70.1 Å². The lowest BCUT2D eigenvalue weighted by Gasteiger charge is -2.06. The Bertz CT molecular complexity index is 629. The first-order chi connectivity index (χ1) is 9.82. The third kappa shape index (κ3) is 3.33. The summed E-state index contributed by atoms with van der Waals surface area (Å²) in [5, 5.41) is 3.44. The van der Waals surface area contributed by atoms with Crippen molar-refractivity contribution in [3.05, 3.63) is 18.0 Å². The summed E-state index contributed by atoms with van der Waals surface area (Å²) in [6, 6.07) is 2.49. The fourth-order valence-corrected chi connectivity index (χ4v) is 4.05. The summed E-state index contributed by atoms with van der Waals surface area (Å²) in [4.78, 5) is 0.389. The van der Waals surface area contributed by atoms with Gasteiger partial charge in [0.05, 0.1) is 4.90 Å². The average Bonchev–Trinajstić information content (AvgIpc) is 3.27. The van der Waals surface area contributed by atoms with Gasteiger partial charge in [-0.15, -0.1) is 0 Å². The molecule has 2 aliphatic rings. The van der Waals surface area contributed by atoms with E-state index in [0.717, 1.165) is 25.2 Å². The summed E-state index contributed by atoms with van der Waals surface area (Å²) in [7, 11) is -3.40. The van der Waals surface area contributed by atoms with Crippen LogP contribution in [-0.2, 0) is 23.1 Å². The van der Waals surface area contributed by atoms with Crippen LogP contribution in [0.3, 0.4) is 0 Å². The summed E-state index contributed by atoms with van der Waals surface area (Å²) < 4.78 is 29.7. The van der Waals surface area contributed by atoms with E-state index in [2.05, 4.69) is 23.9 Å². The first kappa shape index (κ1) is 15.1. The van der Waals surface area contributed by atoms with Crippen LogP contribution in [-0.4, -0.2) is 25.1 Å². The van der Waals surface area contributed by atoms with Crippen LogP contribution in [0, 0.1) is 5.41 Å². The van der Waals surface area contributed by atoms with Gasteiger partial charge in [-0.05, 0) is 37.7 Å². The van der Waals surface area contributed by atoms with E-state index in [1.807, 2.05) is 11.5 Å². The molecule has 21 heavy (non-hydrogen) atoms. The molecular formula is C15H25N3O2S. The number of nitrogens with zero attached hydrogens (tertiary/aromatic N) is 1. The molecule has 1 aromatic rings. The van der Waals surface area contributed by atoms with Crippen LogP contribution in [0.15, 0.2) is 17.2 Å². The van der Waals surface area contributed by atoms with Crippen molar-refractivity contribution in [1.82, 2.24) is 14.6 Å². The number of hydrogen-bond donors (Lipinski definition) is 2. The quantitative estimate of drug-likeness (QED) is 0.807. The van der Waals surface area contributed by atoms with E-state index in [-0.39, 0.29) is 11.5 Å². The molecule has 1 heterocycles. The first-order valence-electron chi connectivity index (χ1n) is 7.76. The molecule has 0 amide bonds. The summed E-state index contributed by atoms with van der Waals surface area (Å²) in [6.45, 7) is 7.73. The number of aryl methyl sites for hydroxylation is 1. The summed E-state index contributed by atoms with van der Waals surface area (Å²) >= 11 is 0. The van der Waals surface area contributed by atoms with E-state index in [4.69, 9.17) is 0 Å². The SMILES string of the molecule is CCn1cc(S(=O)(=O)NC2CC2(C)C)cc1CNC1CC1. The molecule has 1 aromatic heterocycles. The van der Waals surface area contributed by atoms with E-state index < -0.39 is 10.0 Å². The van der Waals surface area contributed by atoms with E-state index in [9.17, 15) is 8.42 Å². The first-order valence-corrected chi connectivity index (χ1v) is 9.25. The van der Waals surface area contributed by atoms with Gasteiger partial charge >= 0.3 is 0 Å². The Labute approximate surface area is 127 Å². The molecule has 0 aromatic carbocycles. The molecule has 0 saturated heterocycles. The van der Waals surface area contributed by atoms with Crippen molar-refractivity contribution in [2.24, 2.45) is 5.41 Å². The molecule has 2 aliphatic carbocycles. The van der Waals surface area contributed by atoms with Gasteiger partial charge in [-0.25, -0.2) is 13.1 Å². The van der Waals surface area contributed by atoms with Gasteiger partial charge in [0, 0.05) is 37.1 Å². The minimum Gasteiger partial charge on any atom is -0.349 e.